The molecule has 2 fully saturated rings. The summed E-state index contributed by atoms with van der Waals surface area (Å²) in [7, 11) is 0. The molecule has 2 aliphatic rings. The first-order valence-electron chi connectivity index (χ1n) is 15.6. The number of esters is 8. The van der Waals surface area contributed by atoms with Crippen molar-refractivity contribution >= 4 is 53.7 Å². The molecule has 0 spiro atoms. The van der Waals surface area contributed by atoms with Crippen molar-refractivity contribution in [3.05, 3.63) is 0 Å². The third-order valence-electron chi connectivity index (χ3n) is 7.13. The van der Waals surface area contributed by atoms with E-state index < -0.39 is 134 Å². The second kappa shape index (κ2) is 18.9. The number of ether oxygens (including phenoxy) is 10. The van der Waals surface area contributed by atoms with Crippen LogP contribution in [0.15, 0.2) is 0 Å². The van der Waals surface area contributed by atoms with Crippen molar-refractivity contribution < 1.29 is 90.5 Å². The van der Waals surface area contributed by atoms with Crippen LogP contribution in [0.3, 0.4) is 0 Å². The van der Waals surface area contributed by atoms with E-state index in [0.29, 0.717) is 0 Å². The second-order valence-corrected chi connectivity index (χ2v) is 11.6. The Morgan fingerprint density at radius 2 is 0.706 bits per heavy atom. The average molecular weight is 734 g/mol. The van der Waals surface area contributed by atoms with E-state index in [0.717, 1.165) is 62.3 Å². The highest BCUT2D eigenvalue weighted by Crippen LogP contribution is 2.37. The van der Waals surface area contributed by atoms with Gasteiger partial charge in [-0.15, -0.1) is 0 Å². The Bertz CT molecular complexity index is 1260. The molecule has 20 heteroatoms. The molecule has 0 aliphatic carbocycles. The molecule has 0 aromatic carbocycles. The summed E-state index contributed by atoms with van der Waals surface area (Å²) >= 11 is 0. The molecule has 0 aromatic rings. The number of carbonyl (C=O) groups is 9. The Kier molecular flexibility index (Phi) is 15.7. The lowest BCUT2D eigenvalue weighted by Crippen LogP contribution is -2.73. The number of nitrogens with one attached hydrogen (secondary N) is 1. The van der Waals surface area contributed by atoms with Crippen molar-refractivity contribution in [2.75, 3.05) is 13.2 Å². The second-order valence-electron chi connectivity index (χ2n) is 11.6. The number of hydrogen-bond acceptors (Lipinski definition) is 19. The molecule has 2 rings (SSSR count). The Balaban J connectivity index is 2.93. The Labute approximate surface area is 292 Å². The summed E-state index contributed by atoms with van der Waals surface area (Å²) in [6, 6.07) is -1.65. The van der Waals surface area contributed by atoms with Gasteiger partial charge in [0.25, 0.3) is 0 Å². The molecular formula is C31H43NO19. The number of carbonyl (C=O) groups excluding carboxylic acids is 9. The average Bonchev–Trinajstić information content (AvgIpc) is 2.96. The van der Waals surface area contributed by atoms with Crippen molar-refractivity contribution in [2.24, 2.45) is 0 Å². The molecular weight excluding hydrogens is 690 g/mol. The van der Waals surface area contributed by atoms with Gasteiger partial charge in [0.15, 0.2) is 36.6 Å². The number of rotatable bonds is 13. The van der Waals surface area contributed by atoms with Gasteiger partial charge in [-0.05, 0) is 0 Å². The van der Waals surface area contributed by atoms with Crippen LogP contribution in [0.25, 0.3) is 0 Å². The van der Waals surface area contributed by atoms with Crippen molar-refractivity contribution in [3.63, 3.8) is 0 Å². The van der Waals surface area contributed by atoms with E-state index >= 15 is 0 Å². The zero-order valence-corrected chi connectivity index (χ0v) is 29.5. The molecule has 0 aromatic heterocycles. The minimum atomic E-state index is -1.74. The summed E-state index contributed by atoms with van der Waals surface area (Å²) in [5, 5.41) is 2.57. The lowest BCUT2D eigenvalue weighted by molar-refractivity contribution is -0.283. The van der Waals surface area contributed by atoms with Crippen molar-refractivity contribution in [3.8, 4) is 0 Å². The molecule has 0 radical (unpaired) electrons. The zero-order chi connectivity index (χ0) is 38.7. The van der Waals surface area contributed by atoms with E-state index in [9.17, 15) is 43.2 Å². The highest BCUT2D eigenvalue weighted by atomic mass is 16.7. The highest BCUT2D eigenvalue weighted by molar-refractivity contribution is 5.74. The van der Waals surface area contributed by atoms with E-state index in [1.807, 2.05) is 0 Å². The minimum absolute atomic E-state index is 0.625. The van der Waals surface area contributed by atoms with Crippen LogP contribution in [0, 0.1) is 0 Å². The molecule has 2 aliphatic heterocycles. The maximum Gasteiger partial charge on any atom is 0.303 e. The molecule has 0 bridgehead atoms. The zero-order valence-electron chi connectivity index (χ0n) is 29.5. The predicted molar refractivity (Wildman–Crippen MR) is 162 cm³/mol. The maximum absolute atomic E-state index is 12.8. The smallest absolute Gasteiger partial charge is 0.303 e. The SMILES string of the molecule is CC(=O)NC([C@@H]1O[C@H](COC(C)=O)[C@@H](OC(C)=O)[C@H](OC(C)=O)[C@H]1OC(C)=O)[C@@H]1O[C@H](COC(C)=O)[C@@H](OC(C)=O)[C@H](OC(C)=O)[C@H]1OC(C)=O. The fourth-order valence-corrected chi connectivity index (χ4v) is 5.69. The van der Waals surface area contributed by atoms with Gasteiger partial charge in [0.2, 0.25) is 5.91 Å². The van der Waals surface area contributed by atoms with Crippen molar-refractivity contribution in [2.45, 2.75) is 129 Å². The highest BCUT2D eigenvalue weighted by Gasteiger charge is 2.60. The Hall–Kier alpha value is -4.85. The molecule has 0 saturated carbocycles. The Morgan fingerprint density at radius 1 is 0.431 bits per heavy atom. The molecule has 10 atom stereocenters. The van der Waals surface area contributed by atoms with E-state index in [1.165, 1.54) is 0 Å². The Morgan fingerprint density at radius 3 is 0.961 bits per heavy atom. The van der Waals surface area contributed by atoms with Gasteiger partial charge in [-0.3, -0.25) is 43.2 Å². The first-order chi connectivity index (χ1) is 23.7. The van der Waals surface area contributed by atoms with Crippen LogP contribution in [-0.4, -0.2) is 134 Å². The largest absolute Gasteiger partial charge is 0.463 e. The lowest BCUT2D eigenvalue weighted by Gasteiger charge is -2.51. The predicted octanol–water partition coefficient (Wildman–Crippen LogP) is -1.26. The topological polar surface area (TPSA) is 258 Å². The van der Waals surface area contributed by atoms with Gasteiger partial charge in [0, 0.05) is 62.3 Å². The van der Waals surface area contributed by atoms with Crippen LogP contribution in [0.5, 0.6) is 0 Å². The lowest BCUT2D eigenvalue weighted by atomic mass is 9.83. The minimum Gasteiger partial charge on any atom is -0.463 e. The fraction of sp³-hybridized carbons (Fsp3) is 0.710. The summed E-state index contributed by atoms with van der Waals surface area (Å²) in [5.41, 5.74) is 0. The molecule has 2 saturated heterocycles. The van der Waals surface area contributed by atoms with E-state index in [4.69, 9.17) is 47.4 Å². The standard InChI is InChI=1S/C31H43NO19/c1-12(33)32-23(26-30(48-19(8)40)28(46-17(6)38)24(44-15(4)36)21(50-26)10-42-13(2)34)27-31(49-20(9)41)29(47-18(7)39)25(45-16(5)37)22(51-27)11-43-14(3)35/h21-31H,10-11H2,1-9H3,(H,32,33)/t21-,22-,24-,25-,26+,27+,28+,29+,30+,31+/m1/s1. The molecule has 1 amide bonds. The van der Waals surface area contributed by atoms with E-state index in [2.05, 4.69) is 5.32 Å². The van der Waals surface area contributed by atoms with Gasteiger partial charge in [0.05, 0.1) is 6.04 Å². The van der Waals surface area contributed by atoms with Crippen LogP contribution in [0.1, 0.15) is 62.3 Å². The summed E-state index contributed by atoms with van der Waals surface area (Å²) in [6.07, 6.45) is -16.3. The van der Waals surface area contributed by atoms with Gasteiger partial charge in [0.1, 0.15) is 37.6 Å². The van der Waals surface area contributed by atoms with Crippen LogP contribution in [-0.2, 0) is 90.5 Å². The monoisotopic (exact) mass is 733 g/mol. The third-order valence-corrected chi connectivity index (χ3v) is 7.13. The van der Waals surface area contributed by atoms with Gasteiger partial charge in [-0.2, -0.15) is 0 Å². The van der Waals surface area contributed by atoms with Crippen LogP contribution in [0.2, 0.25) is 0 Å². The number of hydrogen-bond donors (Lipinski definition) is 1. The summed E-state index contributed by atoms with van der Waals surface area (Å²) in [4.78, 5) is 111. The summed E-state index contributed by atoms with van der Waals surface area (Å²) in [6.45, 7) is 8.02. The van der Waals surface area contributed by atoms with Crippen molar-refractivity contribution in [1.82, 2.24) is 5.32 Å². The molecule has 1 N–H and O–H groups in total. The summed E-state index contributed by atoms with van der Waals surface area (Å²) in [5.74, 6) is -7.96. The molecule has 0 unspecified atom stereocenters. The van der Waals surface area contributed by atoms with E-state index in [1.54, 1.807) is 0 Å². The van der Waals surface area contributed by atoms with Gasteiger partial charge in [-0.25, -0.2) is 0 Å². The first kappa shape index (κ1) is 42.3. The normalized spacial score (nSPS) is 28.6. The van der Waals surface area contributed by atoms with Crippen LogP contribution >= 0.6 is 0 Å². The maximum atomic E-state index is 12.8. The molecule has 286 valence electrons. The molecule has 51 heavy (non-hydrogen) atoms. The third kappa shape index (κ3) is 12.8. The van der Waals surface area contributed by atoms with Crippen LogP contribution < -0.4 is 5.32 Å². The quantitative estimate of drug-likeness (QED) is 0.171. The van der Waals surface area contributed by atoms with Gasteiger partial charge >= 0.3 is 47.8 Å². The van der Waals surface area contributed by atoms with Gasteiger partial charge in [-0.1, -0.05) is 0 Å². The summed E-state index contributed by atoms with van der Waals surface area (Å²) < 4.78 is 55.7. The van der Waals surface area contributed by atoms with Crippen LogP contribution in [0.4, 0.5) is 0 Å². The molecule has 20 nitrogen and oxygen atoms in total. The number of amides is 1. The fourth-order valence-electron chi connectivity index (χ4n) is 5.69. The molecule has 2 heterocycles. The first-order valence-corrected chi connectivity index (χ1v) is 15.6. The van der Waals surface area contributed by atoms with Gasteiger partial charge < -0.3 is 52.7 Å². The van der Waals surface area contributed by atoms with Crippen molar-refractivity contribution in [1.29, 1.82) is 0 Å². The van der Waals surface area contributed by atoms with E-state index in [-0.39, 0.29) is 0 Å².